The minimum absolute atomic E-state index is 0.00388. The molecule has 1 aliphatic carbocycles. The summed E-state index contributed by atoms with van der Waals surface area (Å²) in [6.45, 7) is 2.22. The fourth-order valence-electron chi connectivity index (χ4n) is 4.39. The fraction of sp³-hybridized carbons (Fsp3) is 0.320. The van der Waals surface area contributed by atoms with Gasteiger partial charge >= 0.3 is 0 Å². The van der Waals surface area contributed by atoms with Crippen molar-refractivity contribution < 1.29 is 14.5 Å². The predicted molar refractivity (Wildman–Crippen MR) is 135 cm³/mol. The first-order valence-electron chi connectivity index (χ1n) is 11.6. The van der Waals surface area contributed by atoms with Crippen LogP contribution in [0.3, 0.4) is 0 Å². The summed E-state index contributed by atoms with van der Waals surface area (Å²) in [5.41, 5.74) is 3.54. The summed E-state index contributed by atoms with van der Waals surface area (Å²) in [5, 5.41) is 21.3. The third kappa shape index (κ3) is 4.88. The Morgan fingerprint density at radius 3 is 2.80 bits per heavy atom. The molecule has 0 unspecified atom stereocenters. The first-order valence-corrected chi connectivity index (χ1v) is 12.5. The molecule has 10 heteroatoms. The SMILES string of the molecule is CCC1CCC(=Nn2c(-c3ccc4c(c3)NC(=O)CO4)csc2=Nc2ccccc2[N+](=O)[O-])CC1. The van der Waals surface area contributed by atoms with Gasteiger partial charge in [-0.05, 0) is 55.9 Å². The van der Waals surface area contributed by atoms with E-state index in [2.05, 4.69) is 17.2 Å². The zero-order valence-electron chi connectivity index (χ0n) is 19.3. The second kappa shape index (κ2) is 9.83. The van der Waals surface area contributed by atoms with E-state index < -0.39 is 4.92 Å². The number of carbonyl (C=O) groups is 1. The highest BCUT2D eigenvalue weighted by atomic mass is 32.1. The molecule has 0 atom stereocenters. The van der Waals surface area contributed by atoms with E-state index in [4.69, 9.17) is 9.84 Å². The summed E-state index contributed by atoms with van der Waals surface area (Å²) < 4.78 is 7.27. The maximum atomic E-state index is 11.8. The number of nitrogens with zero attached hydrogens (tertiary/aromatic N) is 4. The molecule has 0 spiro atoms. The van der Waals surface area contributed by atoms with Gasteiger partial charge < -0.3 is 10.1 Å². The first-order chi connectivity index (χ1) is 17.0. The highest BCUT2D eigenvalue weighted by Gasteiger charge is 2.20. The Balaban J connectivity index is 1.62. The van der Waals surface area contributed by atoms with Crippen LogP contribution in [0.15, 0.2) is 57.9 Å². The topological polar surface area (TPSA) is 111 Å². The molecule has 0 radical (unpaired) electrons. The standard InChI is InChI=1S/C25H25N5O4S/c1-2-16-7-10-18(11-8-16)28-29-22(17-9-12-23-20(13-17)26-24(31)14-34-23)15-35-25(29)27-19-5-3-4-6-21(19)30(32)33/h3-6,9,12-13,15-16H,2,7-8,10-11,14H2,1H3,(H,26,31). The molecule has 5 rings (SSSR count). The van der Waals surface area contributed by atoms with Crippen LogP contribution in [0.2, 0.25) is 0 Å². The van der Waals surface area contributed by atoms with Gasteiger partial charge in [-0.15, -0.1) is 11.3 Å². The van der Waals surface area contributed by atoms with E-state index in [9.17, 15) is 14.9 Å². The van der Waals surface area contributed by atoms with Crippen molar-refractivity contribution >= 4 is 40.0 Å². The number of benzene rings is 2. The molecule has 1 aromatic heterocycles. The van der Waals surface area contributed by atoms with Gasteiger partial charge in [0.15, 0.2) is 6.61 Å². The lowest BCUT2D eigenvalue weighted by atomic mass is 9.86. The summed E-state index contributed by atoms with van der Waals surface area (Å²) in [6, 6.07) is 12.0. The maximum Gasteiger partial charge on any atom is 0.294 e. The van der Waals surface area contributed by atoms with E-state index in [1.165, 1.54) is 23.8 Å². The molecule has 35 heavy (non-hydrogen) atoms. The van der Waals surface area contributed by atoms with E-state index in [0.717, 1.165) is 48.6 Å². The summed E-state index contributed by atoms with van der Waals surface area (Å²) in [7, 11) is 0. The van der Waals surface area contributed by atoms with Crippen molar-refractivity contribution in [2.75, 3.05) is 11.9 Å². The van der Waals surface area contributed by atoms with Crippen molar-refractivity contribution in [2.45, 2.75) is 39.0 Å². The van der Waals surface area contributed by atoms with Crippen LogP contribution in [0.1, 0.15) is 39.0 Å². The van der Waals surface area contributed by atoms with Gasteiger partial charge in [-0.3, -0.25) is 14.9 Å². The van der Waals surface area contributed by atoms with E-state index in [-0.39, 0.29) is 23.9 Å². The summed E-state index contributed by atoms with van der Waals surface area (Å²) in [6.07, 6.45) is 5.22. The molecule has 1 amide bonds. The second-order valence-corrected chi connectivity index (χ2v) is 9.48. The quantitative estimate of drug-likeness (QED) is 0.376. The van der Waals surface area contributed by atoms with Crippen LogP contribution in [0.25, 0.3) is 11.3 Å². The number of fused-ring (bicyclic) bond motifs is 1. The van der Waals surface area contributed by atoms with Crippen LogP contribution < -0.4 is 14.9 Å². The van der Waals surface area contributed by atoms with E-state index >= 15 is 0 Å². The molecule has 9 nitrogen and oxygen atoms in total. The van der Waals surface area contributed by atoms with Crippen molar-refractivity contribution in [1.29, 1.82) is 0 Å². The van der Waals surface area contributed by atoms with E-state index in [1.54, 1.807) is 22.9 Å². The maximum absolute atomic E-state index is 11.8. The second-order valence-electron chi connectivity index (χ2n) is 8.64. The number of nitro benzene ring substituents is 1. The molecule has 3 aromatic rings. The number of rotatable bonds is 5. The number of nitro groups is 1. The van der Waals surface area contributed by atoms with Crippen molar-refractivity contribution in [3.05, 3.63) is 62.8 Å². The van der Waals surface area contributed by atoms with Gasteiger partial charge in [0.2, 0.25) is 4.80 Å². The van der Waals surface area contributed by atoms with Gasteiger partial charge in [0.05, 0.1) is 16.3 Å². The Kier molecular flexibility index (Phi) is 6.45. The minimum Gasteiger partial charge on any atom is -0.482 e. The zero-order chi connectivity index (χ0) is 24.4. The van der Waals surface area contributed by atoms with Crippen LogP contribution >= 0.6 is 11.3 Å². The molecule has 0 bridgehead atoms. The zero-order valence-corrected chi connectivity index (χ0v) is 20.1. The van der Waals surface area contributed by atoms with Gasteiger partial charge in [-0.25, -0.2) is 9.67 Å². The van der Waals surface area contributed by atoms with Crippen LogP contribution in [0.5, 0.6) is 5.75 Å². The van der Waals surface area contributed by atoms with Crippen molar-refractivity contribution in [1.82, 2.24) is 4.68 Å². The molecule has 1 fully saturated rings. The number of para-hydroxylation sites is 2. The number of ether oxygens (including phenoxy) is 1. The number of anilines is 1. The van der Waals surface area contributed by atoms with Crippen molar-refractivity contribution in [2.24, 2.45) is 16.0 Å². The average Bonchev–Trinajstić information content (AvgIpc) is 3.26. The third-order valence-corrected chi connectivity index (χ3v) is 7.21. The number of nitrogens with one attached hydrogen (secondary N) is 1. The molecule has 0 saturated heterocycles. The average molecular weight is 492 g/mol. The van der Waals surface area contributed by atoms with Crippen molar-refractivity contribution in [3.8, 4) is 17.0 Å². The number of hydrogen-bond donors (Lipinski definition) is 1. The Morgan fingerprint density at radius 1 is 1.23 bits per heavy atom. The number of hydrogen-bond acceptors (Lipinski definition) is 7. The third-order valence-electron chi connectivity index (χ3n) is 6.39. The molecule has 1 N–H and O–H groups in total. The lowest BCUT2D eigenvalue weighted by molar-refractivity contribution is -0.384. The molecule has 1 aliphatic heterocycles. The highest BCUT2D eigenvalue weighted by Crippen LogP contribution is 2.34. The normalized spacial score (nSPS) is 18.0. The lowest BCUT2D eigenvalue weighted by Crippen LogP contribution is -2.25. The number of carbonyl (C=O) groups excluding carboxylic acids is 1. The fourth-order valence-corrected chi connectivity index (χ4v) is 5.23. The molecular formula is C25H25N5O4S. The Morgan fingerprint density at radius 2 is 2.03 bits per heavy atom. The molecule has 2 aliphatic rings. The molecule has 2 heterocycles. The van der Waals surface area contributed by atoms with Gasteiger partial charge in [0.1, 0.15) is 11.4 Å². The van der Waals surface area contributed by atoms with Crippen LogP contribution in [-0.4, -0.2) is 27.8 Å². The van der Waals surface area contributed by atoms with Gasteiger partial charge in [-0.2, -0.15) is 5.10 Å². The Bertz CT molecular complexity index is 1380. The predicted octanol–water partition coefficient (Wildman–Crippen LogP) is 5.49. The number of amides is 1. The molecule has 2 aromatic carbocycles. The lowest BCUT2D eigenvalue weighted by Gasteiger charge is -2.22. The number of aromatic nitrogens is 1. The van der Waals surface area contributed by atoms with Crippen LogP contribution in [0, 0.1) is 16.0 Å². The van der Waals surface area contributed by atoms with Gasteiger partial charge in [0, 0.05) is 22.7 Å². The Hall–Kier alpha value is -3.79. The Labute approximate surface area is 205 Å². The largest absolute Gasteiger partial charge is 0.482 e. The van der Waals surface area contributed by atoms with E-state index in [1.807, 2.05) is 23.6 Å². The summed E-state index contributed by atoms with van der Waals surface area (Å²) in [5.74, 6) is 1.14. The summed E-state index contributed by atoms with van der Waals surface area (Å²) >= 11 is 1.37. The number of thiazole rings is 1. The van der Waals surface area contributed by atoms with Crippen LogP contribution in [-0.2, 0) is 4.79 Å². The molecule has 1 saturated carbocycles. The monoisotopic (exact) mass is 491 g/mol. The van der Waals surface area contributed by atoms with Gasteiger partial charge in [-0.1, -0.05) is 25.5 Å². The van der Waals surface area contributed by atoms with Gasteiger partial charge in [0.25, 0.3) is 11.6 Å². The van der Waals surface area contributed by atoms with Crippen molar-refractivity contribution in [3.63, 3.8) is 0 Å². The summed E-state index contributed by atoms with van der Waals surface area (Å²) in [4.78, 5) is 28.1. The highest BCUT2D eigenvalue weighted by molar-refractivity contribution is 7.07. The molecular weight excluding hydrogens is 466 g/mol. The molecule has 180 valence electrons. The van der Waals surface area contributed by atoms with E-state index in [0.29, 0.717) is 16.2 Å². The smallest absolute Gasteiger partial charge is 0.294 e. The minimum atomic E-state index is -0.429. The first kappa shape index (κ1) is 23.0. The van der Waals surface area contributed by atoms with Crippen LogP contribution in [0.4, 0.5) is 17.1 Å².